The van der Waals surface area contributed by atoms with Crippen molar-refractivity contribution in [3.63, 3.8) is 0 Å². The van der Waals surface area contributed by atoms with Crippen LogP contribution < -0.4 is 21.7 Å². The Balaban J connectivity index is -0.000000242. The molecule has 0 aromatic carbocycles. The fourth-order valence-corrected chi connectivity index (χ4v) is 0.391. The first-order chi connectivity index (χ1) is 6.81. The molecule has 8 nitrogen and oxygen atoms in total. The topological polar surface area (TPSA) is 171 Å². The van der Waals surface area contributed by atoms with E-state index in [0.717, 1.165) is 0 Å². The Kier molecular flexibility index (Phi) is 15.1. The number of carbonyl (C=O) groups excluding carboxylic acids is 2. The average molecular weight is 277 g/mol. The van der Waals surface area contributed by atoms with Crippen LogP contribution in [0.25, 0.3) is 0 Å². The third-order valence-electron chi connectivity index (χ3n) is 1.18. The minimum Gasteiger partial charge on any atom is -0.550 e. The molecular weight excluding hydrogens is 264 g/mol. The molecule has 95 valence electrons. The standard InChI is InChI=1S/C5H9NO4.C2H5NO2.Fe/c6-3(5(9)10)1-2-4(7)8;3-1-2(4)5;/h3H,1-2,6H2,(H,7,8)(H,9,10);1,3H2,(H,4,5);/q;;+1/p-1. The summed E-state index contributed by atoms with van der Waals surface area (Å²) in [6.07, 6.45) is -0.500. The fraction of sp³-hybridized carbons (Fsp3) is 0.571. The van der Waals surface area contributed by atoms with Crippen molar-refractivity contribution in [2.24, 2.45) is 5.73 Å². The summed E-state index contributed by atoms with van der Waals surface area (Å²) in [7, 11) is 0. The van der Waals surface area contributed by atoms with Gasteiger partial charge in [-0.05, 0) is 12.8 Å². The van der Waals surface area contributed by atoms with Crippen LogP contribution in [0.15, 0.2) is 0 Å². The molecule has 0 amide bonds. The van der Waals surface area contributed by atoms with Gasteiger partial charge in [0.25, 0.3) is 0 Å². The summed E-state index contributed by atoms with van der Waals surface area (Å²) < 4.78 is 0. The zero-order valence-corrected chi connectivity index (χ0v) is 9.43. The second kappa shape index (κ2) is 11.9. The zero-order valence-electron chi connectivity index (χ0n) is 8.33. The van der Waals surface area contributed by atoms with Gasteiger partial charge >= 0.3 is 23.0 Å². The molecule has 1 radical (unpaired) electrons. The Morgan fingerprint density at radius 3 is 1.88 bits per heavy atom. The smallest absolute Gasteiger partial charge is 0.550 e. The molecule has 0 aliphatic carbocycles. The number of quaternary nitrogens is 1. The van der Waals surface area contributed by atoms with Crippen molar-refractivity contribution in [2.75, 3.05) is 6.54 Å². The summed E-state index contributed by atoms with van der Waals surface area (Å²) in [6, 6.07) is -1.21. The van der Waals surface area contributed by atoms with Crippen LogP contribution in [0.5, 0.6) is 0 Å². The van der Waals surface area contributed by atoms with E-state index in [1.54, 1.807) is 0 Å². The third-order valence-corrected chi connectivity index (χ3v) is 1.18. The first-order valence-electron chi connectivity index (χ1n) is 3.98. The zero-order chi connectivity index (χ0) is 12.4. The van der Waals surface area contributed by atoms with Crippen LogP contribution in [0.4, 0.5) is 0 Å². The van der Waals surface area contributed by atoms with Crippen LogP contribution in [0.2, 0.25) is 0 Å². The largest absolute Gasteiger partial charge is 1.00 e. The summed E-state index contributed by atoms with van der Waals surface area (Å²) >= 11 is 0. The van der Waals surface area contributed by atoms with Gasteiger partial charge < -0.3 is 36.4 Å². The maximum Gasteiger partial charge on any atom is 1.00 e. The van der Waals surface area contributed by atoms with Crippen LogP contribution >= 0.6 is 0 Å². The summed E-state index contributed by atoms with van der Waals surface area (Å²) in [4.78, 5) is 28.9. The molecule has 0 spiro atoms. The molecule has 0 rings (SSSR count). The van der Waals surface area contributed by atoms with Crippen molar-refractivity contribution in [3.8, 4) is 0 Å². The molecule has 0 aliphatic heterocycles. The molecule has 0 fully saturated rings. The summed E-state index contributed by atoms with van der Waals surface area (Å²) in [5.41, 5.74) is 8.00. The Morgan fingerprint density at radius 1 is 1.31 bits per heavy atom. The number of carboxylic acids is 3. The molecule has 0 heterocycles. The molecule has 0 aromatic heterocycles. The molecule has 1 unspecified atom stereocenters. The summed E-state index contributed by atoms with van der Waals surface area (Å²) in [6.45, 7) is -0.0278. The number of carboxylic acid groups (broad SMARTS) is 3. The Hall–Kier alpha value is -1.15. The van der Waals surface area contributed by atoms with Crippen LogP contribution in [0, 0.1) is 0 Å². The van der Waals surface area contributed by atoms with E-state index in [-0.39, 0.29) is 36.5 Å². The van der Waals surface area contributed by atoms with Crippen molar-refractivity contribution in [2.45, 2.75) is 18.9 Å². The van der Waals surface area contributed by atoms with Crippen LogP contribution in [-0.2, 0) is 31.5 Å². The molecule has 9 heteroatoms. The molecule has 6 N–H and O–H groups in total. The number of hydrogen-bond acceptors (Lipinski definition) is 6. The normalized spacial score (nSPS) is 10.1. The number of carbonyl (C=O) groups is 3. The van der Waals surface area contributed by atoms with Gasteiger partial charge in [0.2, 0.25) is 0 Å². The Bertz CT molecular complexity index is 235. The number of rotatable bonds is 5. The fourth-order valence-electron chi connectivity index (χ4n) is 0.391. The van der Waals surface area contributed by atoms with Crippen molar-refractivity contribution < 1.29 is 52.5 Å². The molecule has 0 bridgehead atoms. The van der Waals surface area contributed by atoms with E-state index < -0.39 is 23.9 Å². The van der Waals surface area contributed by atoms with Gasteiger partial charge in [0.15, 0.2) is 6.54 Å². The van der Waals surface area contributed by atoms with Crippen LogP contribution in [-0.4, -0.2) is 35.6 Å². The minimum atomic E-state index is -1.44. The van der Waals surface area contributed by atoms with E-state index in [2.05, 4.69) is 5.73 Å². The van der Waals surface area contributed by atoms with Gasteiger partial charge in [0, 0.05) is 12.0 Å². The predicted molar refractivity (Wildman–Crippen MR) is 42.6 cm³/mol. The van der Waals surface area contributed by atoms with Gasteiger partial charge in [-0.25, -0.2) is 4.79 Å². The van der Waals surface area contributed by atoms with E-state index in [1.807, 2.05) is 0 Å². The van der Waals surface area contributed by atoms with E-state index in [1.165, 1.54) is 0 Å². The Labute approximate surface area is 102 Å². The third kappa shape index (κ3) is 18.6. The monoisotopic (exact) mass is 277 g/mol. The molecule has 1 atom stereocenters. The van der Waals surface area contributed by atoms with Crippen molar-refractivity contribution in [1.29, 1.82) is 0 Å². The summed E-state index contributed by atoms with van der Waals surface area (Å²) in [5, 5.41) is 27.3. The first kappa shape index (κ1) is 20.3. The maximum absolute atomic E-state index is 9.86. The number of nitrogens with two attached hydrogens (primary N) is 1. The molecule has 0 saturated heterocycles. The van der Waals surface area contributed by atoms with Crippen molar-refractivity contribution in [3.05, 3.63) is 0 Å². The van der Waals surface area contributed by atoms with Crippen LogP contribution in [0.3, 0.4) is 0 Å². The summed E-state index contributed by atoms with van der Waals surface area (Å²) in [5.74, 6) is -3.61. The SMILES string of the molecule is NC(CCC(=O)[O-])C(=O)[O-].[Fe+].[NH3+]CC(=O)O. The molecular formula is C7H13FeN2O6. The van der Waals surface area contributed by atoms with Gasteiger partial charge in [0.05, 0.1) is 5.97 Å². The Morgan fingerprint density at radius 2 is 1.69 bits per heavy atom. The number of aliphatic carboxylic acids is 3. The van der Waals surface area contributed by atoms with Gasteiger partial charge in [-0.1, -0.05) is 0 Å². The van der Waals surface area contributed by atoms with E-state index in [0.29, 0.717) is 0 Å². The van der Waals surface area contributed by atoms with E-state index in [9.17, 15) is 24.6 Å². The second-order valence-electron chi connectivity index (χ2n) is 2.48. The first-order valence-corrected chi connectivity index (χ1v) is 3.98. The number of hydrogen-bond donors (Lipinski definition) is 3. The molecule has 0 saturated carbocycles. The molecule has 16 heavy (non-hydrogen) atoms. The van der Waals surface area contributed by atoms with Gasteiger partial charge in [-0.3, -0.25) is 0 Å². The average Bonchev–Trinajstić information content (AvgIpc) is 2.14. The maximum atomic E-state index is 9.86. The van der Waals surface area contributed by atoms with Crippen molar-refractivity contribution in [1.82, 2.24) is 0 Å². The van der Waals surface area contributed by atoms with Gasteiger partial charge in [0.1, 0.15) is 0 Å². The molecule has 0 aromatic rings. The van der Waals surface area contributed by atoms with Gasteiger partial charge in [-0.15, -0.1) is 0 Å². The van der Waals surface area contributed by atoms with E-state index >= 15 is 0 Å². The predicted octanol–water partition coefficient (Wildman–Crippen LogP) is -5.10. The van der Waals surface area contributed by atoms with E-state index in [4.69, 9.17) is 10.8 Å². The van der Waals surface area contributed by atoms with Gasteiger partial charge in [-0.2, -0.15) is 0 Å². The second-order valence-corrected chi connectivity index (χ2v) is 2.48. The van der Waals surface area contributed by atoms with Crippen molar-refractivity contribution >= 4 is 17.9 Å². The molecule has 0 aliphatic rings. The quantitative estimate of drug-likeness (QED) is 0.421. The van der Waals surface area contributed by atoms with Crippen LogP contribution in [0.1, 0.15) is 12.8 Å². The minimum absolute atomic E-state index is 0.